The third-order valence-electron chi connectivity index (χ3n) is 5.15. The summed E-state index contributed by atoms with van der Waals surface area (Å²) >= 11 is 1.00. The number of benzene rings is 2. The molecular weight excluding hydrogens is 423 g/mol. The normalized spacial score (nSPS) is 14.7. The van der Waals surface area contributed by atoms with Crippen LogP contribution in [0.2, 0.25) is 0 Å². The molecule has 3 aromatic rings. The molecule has 0 radical (unpaired) electrons. The Labute approximate surface area is 179 Å². The molecule has 1 amide bonds. The summed E-state index contributed by atoms with van der Waals surface area (Å²) in [5.41, 5.74) is 1.90. The Bertz CT molecular complexity index is 1150. The van der Waals surface area contributed by atoms with Crippen LogP contribution in [0.3, 0.4) is 0 Å². The van der Waals surface area contributed by atoms with Crippen molar-refractivity contribution in [2.75, 3.05) is 31.1 Å². The molecular formula is C22H21FN2O3S2. The number of sulfone groups is 1. The van der Waals surface area contributed by atoms with E-state index < -0.39 is 9.84 Å². The van der Waals surface area contributed by atoms with Gasteiger partial charge in [-0.2, -0.15) is 0 Å². The molecule has 1 aliphatic rings. The van der Waals surface area contributed by atoms with Crippen molar-refractivity contribution in [1.29, 1.82) is 0 Å². The number of carbonyl (C=O) groups excluding carboxylic acids is 1. The van der Waals surface area contributed by atoms with Gasteiger partial charge in [-0.05, 0) is 55.5 Å². The molecule has 2 aromatic carbocycles. The lowest BCUT2D eigenvalue weighted by Gasteiger charge is -2.36. The highest BCUT2D eigenvalue weighted by Gasteiger charge is 2.26. The number of hydrogen-bond acceptors (Lipinski definition) is 5. The molecule has 0 spiro atoms. The molecule has 5 nitrogen and oxygen atoms in total. The molecule has 0 bridgehead atoms. The summed E-state index contributed by atoms with van der Waals surface area (Å²) in [6, 6.07) is 16.1. The van der Waals surface area contributed by atoms with Crippen molar-refractivity contribution in [2.45, 2.75) is 16.0 Å². The minimum Gasteiger partial charge on any atom is -0.368 e. The van der Waals surface area contributed by atoms with Crippen LogP contribution in [0.15, 0.2) is 69.8 Å². The summed E-state index contributed by atoms with van der Waals surface area (Å²) in [6.45, 7) is 4.21. The van der Waals surface area contributed by atoms with Gasteiger partial charge in [0.15, 0.2) is 0 Å². The van der Waals surface area contributed by atoms with Gasteiger partial charge in [0.1, 0.15) is 10.0 Å². The van der Waals surface area contributed by atoms with Gasteiger partial charge in [-0.15, -0.1) is 11.3 Å². The highest BCUT2D eigenvalue weighted by atomic mass is 32.2. The first kappa shape index (κ1) is 20.6. The fourth-order valence-corrected chi connectivity index (χ4v) is 6.06. The Morgan fingerprint density at radius 1 is 0.900 bits per heavy atom. The first-order valence-corrected chi connectivity index (χ1v) is 11.9. The molecule has 2 heterocycles. The molecule has 0 aliphatic carbocycles. The molecule has 4 rings (SSSR count). The summed E-state index contributed by atoms with van der Waals surface area (Å²) in [5.74, 6) is -0.439. The van der Waals surface area contributed by atoms with Crippen LogP contribution in [0.1, 0.15) is 15.2 Å². The molecule has 30 heavy (non-hydrogen) atoms. The maximum Gasteiger partial charge on any atom is 0.264 e. The van der Waals surface area contributed by atoms with E-state index in [0.717, 1.165) is 22.6 Å². The Morgan fingerprint density at radius 3 is 2.17 bits per heavy atom. The minimum absolute atomic E-state index is 0.163. The summed E-state index contributed by atoms with van der Waals surface area (Å²) in [7, 11) is -3.64. The highest BCUT2D eigenvalue weighted by molar-refractivity contribution is 7.93. The van der Waals surface area contributed by atoms with Crippen LogP contribution in [-0.2, 0) is 9.84 Å². The van der Waals surface area contributed by atoms with Gasteiger partial charge in [-0.1, -0.05) is 17.7 Å². The van der Waals surface area contributed by atoms with Crippen molar-refractivity contribution in [2.24, 2.45) is 0 Å². The standard InChI is InChI=1S/C22H21FN2O3S2/c1-16-2-8-19(9-3-16)30(27,28)21-11-10-20(29-21)22(26)25-14-12-24(13-15-25)18-6-4-17(23)5-7-18/h2-11H,12-15H2,1H3. The van der Waals surface area contributed by atoms with E-state index in [4.69, 9.17) is 0 Å². The van der Waals surface area contributed by atoms with E-state index in [9.17, 15) is 17.6 Å². The Hall–Kier alpha value is -2.71. The van der Waals surface area contributed by atoms with Gasteiger partial charge in [0.25, 0.3) is 5.91 Å². The third kappa shape index (κ3) is 4.11. The van der Waals surface area contributed by atoms with Crippen LogP contribution in [0.5, 0.6) is 0 Å². The largest absolute Gasteiger partial charge is 0.368 e. The predicted octanol–water partition coefficient (Wildman–Crippen LogP) is 3.99. The van der Waals surface area contributed by atoms with Gasteiger partial charge in [-0.3, -0.25) is 4.79 Å². The predicted molar refractivity (Wildman–Crippen MR) is 115 cm³/mol. The van der Waals surface area contributed by atoms with Crippen molar-refractivity contribution < 1.29 is 17.6 Å². The number of amides is 1. The van der Waals surface area contributed by atoms with Gasteiger partial charge in [0, 0.05) is 31.9 Å². The second-order valence-electron chi connectivity index (χ2n) is 7.19. The number of thiophene rings is 1. The number of aryl methyl sites for hydroxylation is 1. The summed E-state index contributed by atoms with van der Waals surface area (Å²) < 4.78 is 38.9. The second-order valence-corrected chi connectivity index (χ2v) is 10.5. The average Bonchev–Trinajstić information content (AvgIpc) is 3.25. The van der Waals surface area contributed by atoms with E-state index in [1.807, 2.05) is 6.92 Å². The van der Waals surface area contributed by atoms with E-state index in [-0.39, 0.29) is 20.8 Å². The first-order valence-electron chi connectivity index (χ1n) is 9.56. The fourth-order valence-electron chi connectivity index (χ4n) is 3.39. The number of halogens is 1. The average molecular weight is 445 g/mol. The lowest BCUT2D eigenvalue weighted by Crippen LogP contribution is -2.48. The number of anilines is 1. The van der Waals surface area contributed by atoms with Crippen LogP contribution < -0.4 is 4.90 Å². The van der Waals surface area contributed by atoms with Gasteiger partial charge >= 0.3 is 0 Å². The molecule has 0 unspecified atom stereocenters. The lowest BCUT2D eigenvalue weighted by molar-refractivity contribution is 0.0751. The van der Waals surface area contributed by atoms with Crippen molar-refractivity contribution in [1.82, 2.24) is 4.90 Å². The lowest BCUT2D eigenvalue weighted by atomic mass is 10.2. The van der Waals surface area contributed by atoms with E-state index in [0.29, 0.717) is 31.1 Å². The maximum absolute atomic E-state index is 13.1. The van der Waals surface area contributed by atoms with Crippen molar-refractivity contribution >= 4 is 32.8 Å². The van der Waals surface area contributed by atoms with Gasteiger partial charge in [0.2, 0.25) is 9.84 Å². The van der Waals surface area contributed by atoms with E-state index >= 15 is 0 Å². The molecule has 1 aliphatic heterocycles. The molecule has 1 fully saturated rings. The molecule has 1 saturated heterocycles. The Morgan fingerprint density at radius 2 is 1.53 bits per heavy atom. The number of carbonyl (C=O) groups is 1. The monoisotopic (exact) mass is 444 g/mol. The first-order chi connectivity index (χ1) is 14.3. The number of nitrogens with zero attached hydrogens (tertiary/aromatic N) is 2. The topological polar surface area (TPSA) is 57.7 Å². The molecule has 8 heteroatoms. The van der Waals surface area contributed by atoms with Crippen LogP contribution in [0.25, 0.3) is 0 Å². The molecule has 0 saturated carbocycles. The quantitative estimate of drug-likeness (QED) is 0.611. The van der Waals surface area contributed by atoms with Crippen molar-refractivity contribution in [3.05, 3.63) is 76.9 Å². The Kier molecular flexibility index (Phi) is 5.62. The molecule has 0 N–H and O–H groups in total. The van der Waals surface area contributed by atoms with Gasteiger partial charge < -0.3 is 9.80 Å². The van der Waals surface area contributed by atoms with Crippen molar-refractivity contribution in [3.8, 4) is 0 Å². The SMILES string of the molecule is Cc1ccc(S(=O)(=O)c2ccc(C(=O)N3CCN(c4ccc(F)cc4)CC3)s2)cc1. The number of hydrogen-bond donors (Lipinski definition) is 0. The third-order valence-corrected chi connectivity index (χ3v) is 8.48. The van der Waals surface area contributed by atoms with Crippen LogP contribution in [0, 0.1) is 12.7 Å². The molecule has 1 aromatic heterocycles. The van der Waals surface area contributed by atoms with Crippen LogP contribution >= 0.6 is 11.3 Å². The minimum atomic E-state index is -3.64. The smallest absolute Gasteiger partial charge is 0.264 e. The highest BCUT2D eigenvalue weighted by Crippen LogP contribution is 2.29. The van der Waals surface area contributed by atoms with Crippen molar-refractivity contribution in [3.63, 3.8) is 0 Å². The Balaban J connectivity index is 1.44. The summed E-state index contributed by atoms with van der Waals surface area (Å²) in [5, 5.41) is 0. The second kappa shape index (κ2) is 8.20. The maximum atomic E-state index is 13.1. The molecule has 0 atom stereocenters. The van der Waals surface area contributed by atoms with E-state index in [2.05, 4.69) is 4.90 Å². The number of piperazine rings is 1. The summed E-state index contributed by atoms with van der Waals surface area (Å²) in [6.07, 6.45) is 0. The van der Waals surface area contributed by atoms with Crippen LogP contribution in [0.4, 0.5) is 10.1 Å². The fraction of sp³-hybridized carbons (Fsp3) is 0.227. The van der Waals surface area contributed by atoms with Gasteiger partial charge in [0.05, 0.1) is 9.77 Å². The number of rotatable bonds is 4. The summed E-state index contributed by atoms with van der Waals surface area (Å²) in [4.78, 5) is 17.4. The van der Waals surface area contributed by atoms with Crippen LogP contribution in [-0.4, -0.2) is 45.4 Å². The van der Waals surface area contributed by atoms with Gasteiger partial charge in [-0.25, -0.2) is 12.8 Å². The van der Waals surface area contributed by atoms with E-state index in [1.54, 1.807) is 47.4 Å². The molecule has 156 valence electrons. The van der Waals surface area contributed by atoms with E-state index in [1.165, 1.54) is 18.2 Å². The zero-order valence-corrected chi connectivity index (χ0v) is 18.0. The zero-order valence-electron chi connectivity index (χ0n) is 16.4. The zero-order chi connectivity index (χ0) is 21.3.